The molecule has 0 aliphatic carbocycles. The highest BCUT2D eigenvalue weighted by atomic mass is 16.3. The van der Waals surface area contributed by atoms with Gasteiger partial charge in [-0.2, -0.15) is 0 Å². The first-order valence-electron chi connectivity index (χ1n) is 5.66. The fourth-order valence-corrected chi connectivity index (χ4v) is 2.03. The SMILES string of the molecule is Cc1nc(-c2ccoc2C)[nH]c(=O)c1C(C)C. The van der Waals surface area contributed by atoms with Crippen molar-refractivity contribution in [1.29, 1.82) is 0 Å². The molecule has 0 fully saturated rings. The first-order chi connectivity index (χ1) is 8.00. The van der Waals surface area contributed by atoms with Gasteiger partial charge in [0.05, 0.1) is 11.8 Å². The average Bonchev–Trinajstić information content (AvgIpc) is 2.62. The standard InChI is InChI=1S/C13H16N2O2/c1-7(2)11-8(3)14-12(15-13(11)16)10-5-6-17-9(10)4/h5-7H,1-4H3,(H,14,15,16). The van der Waals surface area contributed by atoms with E-state index in [1.807, 2.05) is 33.8 Å². The summed E-state index contributed by atoms with van der Waals surface area (Å²) in [5.41, 5.74) is 2.29. The molecular formula is C13H16N2O2. The molecule has 0 atom stereocenters. The van der Waals surface area contributed by atoms with Crippen molar-refractivity contribution >= 4 is 0 Å². The van der Waals surface area contributed by atoms with Crippen LogP contribution < -0.4 is 5.56 Å². The molecule has 2 aromatic heterocycles. The van der Waals surface area contributed by atoms with Crippen LogP contribution in [0.1, 0.15) is 36.8 Å². The maximum Gasteiger partial charge on any atom is 0.254 e. The number of H-pyrrole nitrogens is 1. The van der Waals surface area contributed by atoms with Crippen molar-refractivity contribution in [2.24, 2.45) is 0 Å². The van der Waals surface area contributed by atoms with E-state index in [-0.39, 0.29) is 11.5 Å². The van der Waals surface area contributed by atoms with Gasteiger partial charge in [0.15, 0.2) is 0 Å². The third kappa shape index (κ3) is 2.02. The molecule has 1 N–H and O–H groups in total. The molecule has 0 aromatic carbocycles. The molecule has 2 rings (SSSR count). The fourth-order valence-electron chi connectivity index (χ4n) is 2.03. The van der Waals surface area contributed by atoms with Gasteiger partial charge in [-0.05, 0) is 25.8 Å². The van der Waals surface area contributed by atoms with Crippen LogP contribution in [0.4, 0.5) is 0 Å². The number of aromatic amines is 1. The Hall–Kier alpha value is -1.84. The normalized spacial score (nSPS) is 11.1. The summed E-state index contributed by atoms with van der Waals surface area (Å²) in [7, 11) is 0. The minimum absolute atomic E-state index is 0.0666. The summed E-state index contributed by atoms with van der Waals surface area (Å²) < 4.78 is 5.21. The topological polar surface area (TPSA) is 58.9 Å². The van der Waals surface area contributed by atoms with Crippen LogP contribution in [-0.2, 0) is 0 Å². The zero-order valence-corrected chi connectivity index (χ0v) is 10.5. The zero-order chi connectivity index (χ0) is 12.6. The Balaban J connectivity index is 2.61. The molecule has 0 saturated heterocycles. The molecule has 17 heavy (non-hydrogen) atoms. The van der Waals surface area contributed by atoms with E-state index in [4.69, 9.17) is 4.42 Å². The highest BCUT2D eigenvalue weighted by Crippen LogP contribution is 2.21. The second kappa shape index (κ2) is 4.20. The first kappa shape index (κ1) is 11.6. The third-order valence-corrected chi connectivity index (χ3v) is 2.84. The van der Waals surface area contributed by atoms with Crippen molar-refractivity contribution in [2.45, 2.75) is 33.6 Å². The van der Waals surface area contributed by atoms with Gasteiger partial charge < -0.3 is 9.40 Å². The van der Waals surface area contributed by atoms with Crippen LogP contribution in [0.3, 0.4) is 0 Å². The first-order valence-corrected chi connectivity index (χ1v) is 5.66. The fraction of sp³-hybridized carbons (Fsp3) is 0.385. The Kier molecular flexibility index (Phi) is 2.88. The maximum atomic E-state index is 12.0. The molecule has 2 aromatic rings. The third-order valence-electron chi connectivity index (χ3n) is 2.84. The summed E-state index contributed by atoms with van der Waals surface area (Å²) in [5.74, 6) is 1.50. The van der Waals surface area contributed by atoms with Crippen molar-refractivity contribution in [3.8, 4) is 11.4 Å². The van der Waals surface area contributed by atoms with Crippen LogP contribution >= 0.6 is 0 Å². The van der Waals surface area contributed by atoms with Crippen LogP contribution in [0.15, 0.2) is 21.5 Å². The Bertz CT molecular complexity index is 594. The van der Waals surface area contributed by atoms with E-state index in [9.17, 15) is 4.79 Å². The molecule has 0 spiro atoms. The Morgan fingerprint density at radius 3 is 2.53 bits per heavy atom. The van der Waals surface area contributed by atoms with Gasteiger partial charge in [0.2, 0.25) is 0 Å². The summed E-state index contributed by atoms with van der Waals surface area (Å²) in [5, 5.41) is 0. The summed E-state index contributed by atoms with van der Waals surface area (Å²) in [6.07, 6.45) is 1.59. The molecule has 0 unspecified atom stereocenters. The van der Waals surface area contributed by atoms with E-state index in [1.165, 1.54) is 0 Å². The van der Waals surface area contributed by atoms with E-state index in [0.717, 1.165) is 22.6 Å². The highest BCUT2D eigenvalue weighted by molar-refractivity contribution is 5.57. The van der Waals surface area contributed by atoms with Gasteiger partial charge in [-0.15, -0.1) is 0 Å². The minimum atomic E-state index is -0.0666. The lowest BCUT2D eigenvalue weighted by atomic mass is 10.0. The predicted molar refractivity (Wildman–Crippen MR) is 66.1 cm³/mol. The van der Waals surface area contributed by atoms with E-state index in [1.54, 1.807) is 6.26 Å². The van der Waals surface area contributed by atoms with Crippen LogP contribution in [0.25, 0.3) is 11.4 Å². The highest BCUT2D eigenvalue weighted by Gasteiger charge is 2.14. The van der Waals surface area contributed by atoms with Crippen molar-refractivity contribution in [1.82, 2.24) is 9.97 Å². The van der Waals surface area contributed by atoms with Crippen molar-refractivity contribution in [3.63, 3.8) is 0 Å². The van der Waals surface area contributed by atoms with Gasteiger partial charge >= 0.3 is 0 Å². The number of rotatable bonds is 2. The maximum absolute atomic E-state index is 12.0. The van der Waals surface area contributed by atoms with Crippen LogP contribution in [0.5, 0.6) is 0 Å². The molecule has 4 nitrogen and oxygen atoms in total. The smallest absolute Gasteiger partial charge is 0.254 e. The molecule has 90 valence electrons. The zero-order valence-electron chi connectivity index (χ0n) is 10.5. The molecule has 0 aliphatic rings. The second-order valence-corrected chi connectivity index (χ2v) is 4.46. The lowest BCUT2D eigenvalue weighted by Gasteiger charge is -2.09. The lowest BCUT2D eigenvalue weighted by molar-refractivity contribution is 0.535. The van der Waals surface area contributed by atoms with Crippen LogP contribution in [0, 0.1) is 13.8 Å². The molecule has 0 bridgehead atoms. The molecule has 0 saturated carbocycles. The second-order valence-electron chi connectivity index (χ2n) is 4.46. The Labute approximate surface area is 99.7 Å². The molecule has 2 heterocycles. The van der Waals surface area contributed by atoms with E-state index < -0.39 is 0 Å². The van der Waals surface area contributed by atoms with Gasteiger partial charge in [0, 0.05) is 11.3 Å². The quantitative estimate of drug-likeness (QED) is 0.866. The summed E-state index contributed by atoms with van der Waals surface area (Å²) >= 11 is 0. The number of aromatic nitrogens is 2. The minimum Gasteiger partial charge on any atom is -0.469 e. The van der Waals surface area contributed by atoms with E-state index in [0.29, 0.717) is 5.82 Å². The van der Waals surface area contributed by atoms with Gasteiger partial charge in [-0.1, -0.05) is 13.8 Å². The Morgan fingerprint density at radius 1 is 1.35 bits per heavy atom. The van der Waals surface area contributed by atoms with E-state index >= 15 is 0 Å². The van der Waals surface area contributed by atoms with Crippen LogP contribution in [0.2, 0.25) is 0 Å². The number of nitrogens with one attached hydrogen (secondary N) is 1. The van der Waals surface area contributed by atoms with Crippen molar-refractivity contribution in [2.75, 3.05) is 0 Å². The number of hydrogen-bond donors (Lipinski definition) is 1. The largest absolute Gasteiger partial charge is 0.469 e. The van der Waals surface area contributed by atoms with Gasteiger partial charge in [-0.25, -0.2) is 4.98 Å². The number of nitrogens with zero attached hydrogens (tertiary/aromatic N) is 1. The molecule has 0 radical (unpaired) electrons. The van der Waals surface area contributed by atoms with E-state index in [2.05, 4.69) is 9.97 Å². The molecule has 0 amide bonds. The summed E-state index contributed by atoms with van der Waals surface area (Å²) in [6, 6.07) is 1.81. The predicted octanol–water partition coefficient (Wildman–Crippen LogP) is 2.77. The van der Waals surface area contributed by atoms with Gasteiger partial charge in [0.25, 0.3) is 5.56 Å². The molecule has 4 heteroatoms. The summed E-state index contributed by atoms with van der Waals surface area (Å²) in [4.78, 5) is 19.2. The van der Waals surface area contributed by atoms with Crippen molar-refractivity contribution < 1.29 is 4.42 Å². The number of hydrogen-bond acceptors (Lipinski definition) is 3. The number of furan rings is 1. The van der Waals surface area contributed by atoms with Crippen LogP contribution in [-0.4, -0.2) is 9.97 Å². The molecule has 0 aliphatic heterocycles. The van der Waals surface area contributed by atoms with Gasteiger partial charge in [-0.3, -0.25) is 4.79 Å². The van der Waals surface area contributed by atoms with Crippen molar-refractivity contribution in [3.05, 3.63) is 39.7 Å². The monoisotopic (exact) mass is 232 g/mol. The Morgan fingerprint density at radius 2 is 2.06 bits per heavy atom. The molecular weight excluding hydrogens is 216 g/mol. The average molecular weight is 232 g/mol. The lowest BCUT2D eigenvalue weighted by Crippen LogP contribution is -2.18. The summed E-state index contributed by atoms with van der Waals surface area (Å²) in [6.45, 7) is 7.69. The number of aryl methyl sites for hydroxylation is 2. The van der Waals surface area contributed by atoms with Gasteiger partial charge in [0.1, 0.15) is 11.6 Å².